The Labute approximate surface area is 156 Å². The van der Waals surface area contributed by atoms with E-state index in [0.717, 1.165) is 25.9 Å². The molecular formula is C18H21ClN4O3. The number of carbonyl (C=O) groups is 1. The fourth-order valence-corrected chi connectivity index (χ4v) is 4.12. The molecule has 7 nitrogen and oxygen atoms in total. The average Bonchev–Trinajstić information content (AvgIpc) is 3.31. The molecule has 0 unspecified atom stereocenters. The van der Waals surface area contributed by atoms with E-state index in [1.807, 2.05) is 17.9 Å². The summed E-state index contributed by atoms with van der Waals surface area (Å²) in [7, 11) is 0. The minimum Gasteiger partial charge on any atom is -0.484 e. The number of carbonyl (C=O) groups excluding carboxylic acids is 1. The molecule has 0 aliphatic carbocycles. The molecule has 26 heavy (non-hydrogen) atoms. The highest BCUT2D eigenvalue weighted by molar-refractivity contribution is 6.30. The highest BCUT2D eigenvalue weighted by atomic mass is 35.5. The SMILES string of the molecule is Cc1noc(CN2CC[C@H]3[C@@H]2CCN3C(=O)COc2cccc(Cl)c2)n1. The van der Waals surface area contributed by atoms with Gasteiger partial charge in [0.05, 0.1) is 6.54 Å². The first kappa shape index (κ1) is 17.3. The number of aromatic nitrogens is 2. The highest BCUT2D eigenvalue weighted by Gasteiger charge is 2.44. The predicted octanol–water partition coefficient (Wildman–Crippen LogP) is 2.29. The molecular weight excluding hydrogens is 356 g/mol. The number of halogens is 1. The van der Waals surface area contributed by atoms with Crippen molar-refractivity contribution in [3.63, 3.8) is 0 Å². The third-order valence-corrected chi connectivity index (χ3v) is 5.31. The van der Waals surface area contributed by atoms with E-state index in [1.54, 1.807) is 18.2 Å². The van der Waals surface area contributed by atoms with Gasteiger partial charge >= 0.3 is 0 Å². The number of likely N-dealkylation sites (tertiary alicyclic amines) is 2. The van der Waals surface area contributed by atoms with Crippen molar-refractivity contribution in [2.24, 2.45) is 0 Å². The minimum atomic E-state index is 0.0213. The van der Waals surface area contributed by atoms with Crippen LogP contribution in [0.1, 0.15) is 24.6 Å². The third-order valence-electron chi connectivity index (χ3n) is 5.08. The van der Waals surface area contributed by atoms with Gasteiger partial charge in [0, 0.05) is 30.2 Å². The van der Waals surface area contributed by atoms with Gasteiger partial charge in [-0.05, 0) is 38.0 Å². The molecule has 2 aliphatic heterocycles. The van der Waals surface area contributed by atoms with Gasteiger partial charge < -0.3 is 14.2 Å². The topological polar surface area (TPSA) is 71.7 Å². The summed E-state index contributed by atoms with van der Waals surface area (Å²) in [5, 5.41) is 4.44. The van der Waals surface area contributed by atoms with Crippen LogP contribution in [0.15, 0.2) is 28.8 Å². The zero-order valence-electron chi connectivity index (χ0n) is 14.6. The Hall–Kier alpha value is -2.12. The van der Waals surface area contributed by atoms with E-state index in [1.165, 1.54) is 0 Å². The molecule has 3 heterocycles. The molecule has 2 aliphatic rings. The summed E-state index contributed by atoms with van der Waals surface area (Å²) in [6.45, 7) is 4.17. The molecule has 8 heteroatoms. The first-order valence-corrected chi connectivity index (χ1v) is 9.19. The van der Waals surface area contributed by atoms with E-state index in [9.17, 15) is 4.79 Å². The Morgan fingerprint density at radius 3 is 2.96 bits per heavy atom. The molecule has 4 rings (SSSR count). The molecule has 2 aromatic rings. The Bertz CT molecular complexity index is 796. The zero-order chi connectivity index (χ0) is 18.1. The quantitative estimate of drug-likeness (QED) is 0.797. The second kappa shape index (κ2) is 7.25. The zero-order valence-corrected chi connectivity index (χ0v) is 15.4. The molecule has 0 bridgehead atoms. The summed E-state index contributed by atoms with van der Waals surface area (Å²) in [4.78, 5) is 21.2. The number of ether oxygens (including phenoxy) is 1. The first-order valence-electron chi connectivity index (χ1n) is 8.81. The molecule has 0 radical (unpaired) electrons. The van der Waals surface area contributed by atoms with Crippen molar-refractivity contribution in [2.45, 2.75) is 38.4 Å². The van der Waals surface area contributed by atoms with E-state index >= 15 is 0 Å². The van der Waals surface area contributed by atoms with Crippen LogP contribution < -0.4 is 4.74 Å². The summed E-state index contributed by atoms with van der Waals surface area (Å²) in [6.07, 6.45) is 1.92. The predicted molar refractivity (Wildman–Crippen MR) is 94.9 cm³/mol. The fraction of sp³-hybridized carbons (Fsp3) is 0.500. The van der Waals surface area contributed by atoms with Crippen LogP contribution in [-0.4, -0.2) is 57.6 Å². The lowest BCUT2D eigenvalue weighted by molar-refractivity contribution is -0.134. The maximum Gasteiger partial charge on any atom is 0.260 e. The van der Waals surface area contributed by atoms with Crippen LogP contribution in [0, 0.1) is 6.92 Å². The third kappa shape index (κ3) is 3.54. The lowest BCUT2D eigenvalue weighted by Gasteiger charge is -2.25. The lowest BCUT2D eigenvalue weighted by atomic mass is 10.1. The van der Waals surface area contributed by atoms with Crippen LogP contribution >= 0.6 is 11.6 Å². The van der Waals surface area contributed by atoms with Crippen molar-refractivity contribution in [1.29, 1.82) is 0 Å². The minimum absolute atomic E-state index is 0.0213. The molecule has 1 amide bonds. The average molecular weight is 377 g/mol. The van der Waals surface area contributed by atoms with E-state index < -0.39 is 0 Å². The smallest absolute Gasteiger partial charge is 0.260 e. The van der Waals surface area contributed by atoms with Crippen molar-refractivity contribution >= 4 is 17.5 Å². The van der Waals surface area contributed by atoms with Crippen LogP contribution in [0.3, 0.4) is 0 Å². The summed E-state index contributed by atoms with van der Waals surface area (Å²) in [5.41, 5.74) is 0. The van der Waals surface area contributed by atoms with Crippen LogP contribution in [0.25, 0.3) is 0 Å². The fourth-order valence-electron chi connectivity index (χ4n) is 3.94. The van der Waals surface area contributed by atoms with Gasteiger partial charge in [-0.2, -0.15) is 4.98 Å². The van der Waals surface area contributed by atoms with Crippen molar-refractivity contribution < 1.29 is 14.1 Å². The molecule has 2 fully saturated rings. The summed E-state index contributed by atoms with van der Waals surface area (Å²) >= 11 is 5.95. The van der Waals surface area contributed by atoms with Gasteiger partial charge in [-0.3, -0.25) is 9.69 Å². The summed E-state index contributed by atoms with van der Waals surface area (Å²) in [5.74, 6) is 1.92. The number of nitrogens with zero attached hydrogens (tertiary/aromatic N) is 4. The van der Waals surface area contributed by atoms with Gasteiger partial charge in [-0.15, -0.1) is 0 Å². The second-order valence-electron chi connectivity index (χ2n) is 6.75. The van der Waals surface area contributed by atoms with E-state index in [4.69, 9.17) is 20.9 Å². The van der Waals surface area contributed by atoms with Gasteiger partial charge in [0.1, 0.15) is 5.75 Å². The molecule has 138 valence electrons. The number of fused-ring (bicyclic) bond motifs is 1. The molecule has 2 atom stereocenters. The second-order valence-corrected chi connectivity index (χ2v) is 7.19. The number of amides is 1. The molecule has 1 aromatic heterocycles. The number of hydrogen-bond acceptors (Lipinski definition) is 6. The van der Waals surface area contributed by atoms with Crippen molar-refractivity contribution in [3.05, 3.63) is 41.0 Å². The Morgan fingerprint density at radius 1 is 1.35 bits per heavy atom. The Balaban J connectivity index is 1.34. The molecule has 0 N–H and O–H groups in total. The molecule has 2 saturated heterocycles. The number of hydrogen-bond donors (Lipinski definition) is 0. The van der Waals surface area contributed by atoms with Crippen molar-refractivity contribution in [3.8, 4) is 5.75 Å². The number of rotatable bonds is 5. The van der Waals surface area contributed by atoms with Gasteiger partial charge in [0.25, 0.3) is 5.91 Å². The number of benzene rings is 1. The van der Waals surface area contributed by atoms with E-state index in [-0.39, 0.29) is 18.6 Å². The summed E-state index contributed by atoms with van der Waals surface area (Å²) < 4.78 is 10.8. The highest BCUT2D eigenvalue weighted by Crippen LogP contribution is 2.32. The Kier molecular flexibility index (Phi) is 4.82. The van der Waals surface area contributed by atoms with Crippen LogP contribution in [0.2, 0.25) is 5.02 Å². The Morgan fingerprint density at radius 2 is 2.19 bits per heavy atom. The first-order chi connectivity index (χ1) is 12.6. The van der Waals surface area contributed by atoms with Crippen LogP contribution in [-0.2, 0) is 11.3 Å². The van der Waals surface area contributed by atoms with Gasteiger partial charge in [0.2, 0.25) is 5.89 Å². The number of aryl methyl sites for hydroxylation is 1. The van der Waals surface area contributed by atoms with Crippen molar-refractivity contribution in [1.82, 2.24) is 19.9 Å². The van der Waals surface area contributed by atoms with E-state index in [0.29, 0.717) is 35.1 Å². The largest absolute Gasteiger partial charge is 0.484 e. The van der Waals surface area contributed by atoms with E-state index in [2.05, 4.69) is 15.0 Å². The normalized spacial score (nSPS) is 22.6. The molecule has 1 aromatic carbocycles. The standard InChI is InChI=1S/C18H21ClN4O3/c1-12-20-17(26-21-12)10-22-7-5-16-15(22)6-8-23(16)18(24)11-25-14-4-2-3-13(19)9-14/h2-4,9,15-16H,5-8,10-11H2,1H3/t15-,16-/m0/s1. The van der Waals surface area contributed by atoms with Crippen LogP contribution in [0.4, 0.5) is 0 Å². The maximum absolute atomic E-state index is 12.6. The van der Waals surface area contributed by atoms with Gasteiger partial charge in [-0.25, -0.2) is 0 Å². The van der Waals surface area contributed by atoms with Crippen molar-refractivity contribution in [2.75, 3.05) is 19.7 Å². The van der Waals surface area contributed by atoms with Gasteiger partial charge in [0.15, 0.2) is 12.4 Å². The molecule has 0 spiro atoms. The maximum atomic E-state index is 12.6. The monoisotopic (exact) mass is 376 g/mol. The lowest BCUT2D eigenvalue weighted by Crippen LogP contribution is -2.41. The van der Waals surface area contributed by atoms with Crippen LogP contribution in [0.5, 0.6) is 5.75 Å². The molecule has 0 saturated carbocycles. The summed E-state index contributed by atoms with van der Waals surface area (Å²) in [6, 6.07) is 7.68. The van der Waals surface area contributed by atoms with Gasteiger partial charge in [-0.1, -0.05) is 22.8 Å².